The standard InChI is InChI=1S/C23H21O2S/c1-15-12-20(13-16(2)23(15)25-17(3)24)26-21-10-6-4-8-18(21)14-19-9-5-7-11-22(19)26/h4-13H,14H2,1-3H3/q+1. The second kappa shape index (κ2) is 6.65. The highest BCUT2D eigenvalue weighted by atomic mass is 32.2. The minimum absolute atomic E-state index is 0.140. The average Bonchev–Trinajstić information content (AvgIpc) is 2.62. The van der Waals surface area contributed by atoms with Gasteiger partial charge in [-0.1, -0.05) is 36.4 Å². The first-order valence-corrected chi connectivity index (χ1v) is 9.97. The predicted molar refractivity (Wildman–Crippen MR) is 105 cm³/mol. The van der Waals surface area contributed by atoms with Gasteiger partial charge >= 0.3 is 5.97 Å². The quantitative estimate of drug-likeness (QED) is 0.278. The molecule has 3 aromatic carbocycles. The van der Waals surface area contributed by atoms with Crippen LogP contribution in [0.4, 0.5) is 0 Å². The van der Waals surface area contributed by atoms with Crippen molar-refractivity contribution >= 4 is 16.9 Å². The Morgan fingerprint density at radius 2 is 1.38 bits per heavy atom. The molecule has 1 aliphatic heterocycles. The van der Waals surface area contributed by atoms with Gasteiger partial charge in [0, 0.05) is 36.6 Å². The van der Waals surface area contributed by atoms with E-state index in [4.69, 9.17) is 4.74 Å². The van der Waals surface area contributed by atoms with Crippen LogP contribution in [0.1, 0.15) is 29.2 Å². The first-order chi connectivity index (χ1) is 12.5. The molecule has 0 fully saturated rings. The van der Waals surface area contributed by atoms with Gasteiger partial charge in [-0.05, 0) is 37.1 Å². The molecule has 0 aromatic heterocycles. The van der Waals surface area contributed by atoms with Gasteiger partial charge in [-0.2, -0.15) is 0 Å². The molecule has 0 atom stereocenters. The number of hydrogen-bond acceptors (Lipinski definition) is 2. The van der Waals surface area contributed by atoms with Gasteiger partial charge in [-0.3, -0.25) is 4.79 Å². The Labute approximate surface area is 157 Å². The molecular formula is C23H21O2S+. The fourth-order valence-electron chi connectivity index (χ4n) is 3.61. The van der Waals surface area contributed by atoms with Gasteiger partial charge in [-0.15, -0.1) is 0 Å². The van der Waals surface area contributed by atoms with Gasteiger partial charge in [-0.25, -0.2) is 0 Å². The topological polar surface area (TPSA) is 26.3 Å². The Balaban J connectivity index is 1.90. The molecule has 1 heterocycles. The summed E-state index contributed by atoms with van der Waals surface area (Å²) in [4.78, 5) is 15.5. The molecule has 0 unspecified atom stereocenters. The zero-order valence-corrected chi connectivity index (χ0v) is 16.0. The number of carbonyl (C=O) groups excluding carboxylic acids is 1. The maximum atomic E-state index is 11.4. The summed E-state index contributed by atoms with van der Waals surface area (Å²) in [7, 11) is -0.140. The van der Waals surface area contributed by atoms with Crippen molar-refractivity contribution in [3.05, 3.63) is 82.9 Å². The van der Waals surface area contributed by atoms with Crippen molar-refractivity contribution in [1.82, 2.24) is 0 Å². The maximum absolute atomic E-state index is 11.4. The van der Waals surface area contributed by atoms with Gasteiger partial charge < -0.3 is 4.74 Å². The van der Waals surface area contributed by atoms with E-state index in [2.05, 4.69) is 60.7 Å². The van der Waals surface area contributed by atoms with E-state index in [1.807, 2.05) is 13.8 Å². The zero-order valence-electron chi connectivity index (χ0n) is 15.2. The van der Waals surface area contributed by atoms with Crippen LogP contribution in [0.3, 0.4) is 0 Å². The van der Waals surface area contributed by atoms with E-state index in [1.165, 1.54) is 32.7 Å². The average molecular weight is 361 g/mol. The molecule has 4 rings (SSSR count). The highest BCUT2D eigenvalue weighted by Gasteiger charge is 2.37. The zero-order chi connectivity index (χ0) is 18.3. The summed E-state index contributed by atoms with van der Waals surface area (Å²) < 4.78 is 5.42. The van der Waals surface area contributed by atoms with E-state index in [-0.39, 0.29) is 16.9 Å². The third-order valence-electron chi connectivity index (χ3n) is 4.68. The second-order valence-corrected chi connectivity index (χ2v) is 8.64. The number of rotatable bonds is 2. The van der Waals surface area contributed by atoms with Gasteiger partial charge in [0.15, 0.2) is 14.7 Å². The lowest BCUT2D eigenvalue weighted by molar-refractivity contribution is -0.131. The van der Waals surface area contributed by atoms with Gasteiger partial charge in [0.1, 0.15) is 5.75 Å². The van der Waals surface area contributed by atoms with E-state index in [0.717, 1.165) is 17.5 Å². The van der Waals surface area contributed by atoms with Crippen LogP contribution in [0.5, 0.6) is 5.75 Å². The van der Waals surface area contributed by atoms with Crippen molar-refractivity contribution < 1.29 is 9.53 Å². The van der Waals surface area contributed by atoms with Crippen molar-refractivity contribution in [3.63, 3.8) is 0 Å². The van der Waals surface area contributed by atoms with Crippen LogP contribution in [-0.4, -0.2) is 5.97 Å². The summed E-state index contributed by atoms with van der Waals surface area (Å²) in [5, 5.41) is 0. The number of aryl methyl sites for hydroxylation is 2. The summed E-state index contributed by atoms with van der Waals surface area (Å²) in [5.41, 5.74) is 4.80. The van der Waals surface area contributed by atoms with Crippen molar-refractivity contribution in [2.75, 3.05) is 0 Å². The normalized spacial score (nSPS) is 13.0. The van der Waals surface area contributed by atoms with Crippen molar-refractivity contribution in [3.8, 4) is 5.75 Å². The van der Waals surface area contributed by atoms with Crippen LogP contribution in [0.15, 0.2) is 75.4 Å². The van der Waals surface area contributed by atoms with Crippen LogP contribution >= 0.6 is 0 Å². The smallest absolute Gasteiger partial charge is 0.308 e. The molecule has 3 heteroatoms. The molecule has 0 radical (unpaired) electrons. The van der Waals surface area contributed by atoms with Gasteiger partial charge in [0.25, 0.3) is 0 Å². The monoisotopic (exact) mass is 361 g/mol. The summed E-state index contributed by atoms with van der Waals surface area (Å²) >= 11 is 0. The lowest BCUT2D eigenvalue weighted by Crippen LogP contribution is -2.16. The Bertz CT molecular complexity index is 938. The summed E-state index contributed by atoms with van der Waals surface area (Å²) in [6.45, 7) is 5.47. The van der Waals surface area contributed by atoms with Gasteiger partial charge in [0.05, 0.1) is 10.9 Å². The molecule has 26 heavy (non-hydrogen) atoms. The molecule has 0 saturated carbocycles. The summed E-state index contributed by atoms with van der Waals surface area (Å²) in [5.74, 6) is 0.406. The Morgan fingerprint density at radius 1 is 0.885 bits per heavy atom. The molecule has 2 nitrogen and oxygen atoms in total. The fourth-order valence-corrected chi connectivity index (χ4v) is 6.18. The number of ether oxygens (including phenoxy) is 1. The first kappa shape index (κ1) is 16.9. The molecule has 0 spiro atoms. The number of esters is 1. The Morgan fingerprint density at radius 3 is 1.88 bits per heavy atom. The number of fused-ring (bicyclic) bond motifs is 2. The Kier molecular flexibility index (Phi) is 4.33. The van der Waals surface area contributed by atoms with Crippen LogP contribution in [0, 0.1) is 13.8 Å². The van der Waals surface area contributed by atoms with E-state index >= 15 is 0 Å². The molecule has 0 bridgehead atoms. The minimum atomic E-state index is -0.278. The highest BCUT2D eigenvalue weighted by Crippen LogP contribution is 2.41. The first-order valence-electron chi connectivity index (χ1n) is 8.74. The lowest BCUT2D eigenvalue weighted by atomic mass is 10.0. The lowest BCUT2D eigenvalue weighted by Gasteiger charge is -2.20. The van der Waals surface area contributed by atoms with Crippen molar-refractivity contribution in [2.24, 2.45) is 0 Å². The number of benzene rings is 3. The molecule has 1 aliphatic rings. The minimum Gasteiger partial charge on any atom is -0.426 e. The molecule has 0 N–H and O–H groups in total. The molecule has 3 aromatic rings. The third kappa shape index (κ3) is 2.93. The maximum Gasteiger partial charge on any atom is 0.308 e. The Hall–Kier alpha value is -2.52. The SMILES string of the molecule is CC(=O)Oc1c(C)cc([S+]2c3ccccc3Cc3ccccc32)cc1C. The van der Waals surface area contributed by atoms with Crippen molar-refractivity contribution in [2.45, 2.75) is 41.9 Å². The van der Waals surface area contributed by atoms with Crippen LogP contribution in [0.25, 0.3) is 0 Å². The highest BCUT2D eigenvalue weighted by molar-refractivity contribution is 7.97. The van der Waals surface area contributed by atoms with Gasteiger partial charge in [0.2, 0.25) is 0 Å². The second-order valence-electron chi connectivity index (χ2n) is 6.68. The molecule has 130 valence electrons. The van der Waals surface area contributed by atoms with E-state index in [0.29, 0.717) is 5.75 Å². The number of hydrogen-bond donors (Lipinski definition) is 0. The van der Waals surface area contributed by atoms with E-state index in [1.54, 1.807) is 0 Å². The molecule has 0 aliphatic carbocycles. The fraction of sp³-hybridized carbons (Fsp3) is 0.174. The molecule has 0 amide bonds. The summed E-state index contributed by atoms with van der Waals surface area (Å²) in [6, 6.07) is 21.8. The van der Waals surface area contributed by atoms with Crippen LogP contribution < -0.4 is 4.74 Å². The third-order valence-corrected chi connectivity index (χ3v) is 7.06. The van der Waals surface area contributed by atoms with Crippen molar-refractivity contribution in [1.29, 1.82) is 0 Å². The number of carbonyl (C=O) groups is 1. The van der Waals surface area contributed by atoms with E-state index in [9.17, 15) is 4.79 Å². The molecular weight excluding hydrogens is 340 g/mol. The predicted octanol–water partition coefficient (Wildman–Crippen LogP) is 5.23. The van der Waals surface area contributed by atoms with Crippen LogP contribution in [0.2, 0.25) is 0 Å². The largest absolute Gasteiger partial charge is 0.426 e. The van der Waals surface area contributed by atoms with E-state index < -0.39 is 0 Å². The van der Waals surface area contributed by atoms with Crippen LogP contribution in [-0.2, 0) is 22.1 Å². The summed E-state index contributed by atoms with van der Waals surface area (Å²) in [6.07, 6.45) is 0.985. The molecule has 0 saturated heterocycles.